The number of nitrogens with zero attached hydrogens (tertiary/aromatic N) is 1. The first-order valence-corrected chi connectivity index (χ1v) is 10.6. The summed E-state index contributed by atoms with van der Waals surface area (Å²) in [7, 11) is 1.59. The van der Waals surface area contributed by atoms with E-state index >= 15 is 0 Å². The molecule has 0 aliphatic carbocycles. The van der Waals surface area contributed by atoms with Crippen LogP contribution < -0.4 is 19.5 Å². The number of ether oxygens (including phenoxy) is 5. The molecule has 2 unspecified atom stereocenters. The van der Waals surface area contributed by atoms with Crippen molar-refractivity contribution in [2.24, 2.45) is 5.92 Å². The zero-order valence-corrected chi connectivity index (χ0v) is 17.4. The molecule has 0 spiro atoms. The number of rotatable bonds is 7. The van der Waals surface area contributed by atoms with E-state index in [4.69, 9.17) is 23.7 Å². The average Bonchev–Trinajstić information content (AvgIpc) is 3.32. The lowest BCUT2D eigenvalue weighted by Crippen LogP contribution is -2.52. The number of morpholine rings is 1. The number of hydrogen-bond donors (Lipinski definition) is 1. The van der Waals surface area contributed by atoms with E-state index in [1.54, 1.807) is 19.3 Å². The Morgan fingerprint density at radius 2 is 2.03 bits per heavy atom. The smallest absolute Gasteiger partial charge is 0.244 e. The van der Waals surface area contributed by atoms with Crippen LogP contribution in [0.5, 0.6) is 17.2 Å². The lowest BCUT2D eigenvalue weighted by Gasteiger charge is -2.37. The van der Waals surface area contributed by atoms with Crippen molar-refractivity contribution in [1.29, 1.82) is 0 Å². The van der Waals surface area contributed by atoms with Gasteiger partial charge in [-0.05, 0) is 30.2 Å². The molecule has 8 heteroatoms. The molecule has 30 heavy (non-hydrogen) atoms. The largest absolute Gasteiger partial charge is 0.493 e. The molecule has 3 aliphatic rings. The molecule has 1 N–H and O–H groups in total. The highest BCUT2D eigenvalue weighted by Crippen LogP contribution is 2.40. The van der Waals surface area contributed by atoms with Gasteiger partial charge in [-0.15, -0.1) is 0 Å². The molecule has 2 fully saturated rings. The Bertz CT molecular complexity index is 739. The lowest BCUT2D eigenvalue weighted by atomic mass is 9.97. The zero-order chi connectivity index (χ0) is 20.8. The quantitative estimate of drug-likeness (QED) is 0.670. The summed E-state index contributed by atoms with van der Waals surface area (Å²) in [6.45, 7) is 6.41. The number of carbonyl (C=O) groups excluding carboxylic acids is 1. The Balaban J connectivity index is 1.37. The highest BCUT2D eigenvalue weighted by atomic mass is 16.6. The fourth-order valence-electron chi connectivity index (χ4n) is 4.18. The van der Waals surface area contributed by atoms with Gasteiger partial charge in [0, 0.05) is 44.3 Å². The van der Waals surface area contributed by atoms with Crippen LogP contribution in [-0.2, 0) is 14.3 Å². The van der Waals surface area contributed by atoms with Crippen LogP contribution in [0.25, 0.3) is 6.08 Å². The van der Waals surface area contributed by atoms with Crippen molar-refractivity contribution < 1.29 is 28.5 Å². The number of benzene rings is 1. The van der Waals surface area contributed by atoms with Gasteiger partial charge in [0.15, 0.2) is 11.5 Å². The van der Waals surface area contributed by atoms with Crippen molar-refractivity contribution in [3.05, 3.63) is 23.8 Å². The summed E-state index contributed by atoms with van der Waals surface area (Å²) in [5.74, 6) is 2.16. The molecule has 3 aliphatic heterocycles. The topological polar surface area (TPSA) is 78.5 Å². The predicted octanol–water partition coefficient (Wildman–Crippen LogP) is 1.33. The monoisotopic (exact) mass is 418 g/mol. The Labute approximate surface area is 177 Å². The van der Waals surface area contributed by atoms with E-state index in [1.807, 2.05) is 12.1 Å². The van der Waals surface area contributed by atoms with E-state index in [2.05, 4.69) is 10.2 Å². The van der Waals surface area contributed by atoms with Gasteiger partial charge in [0.25, 0.3) is 0 Å². The minimum absolute atomic E-state index is 0.124. The van der Waals surface area contributed by atoms with Crippen molar-refractivity contribution in [3.63, 3.8) is 0 Å². The molecule has 0 aromatic heterocycles. The number of carbonyl (C=O) groups is 1. The molecular formula is C22H30N2O6. The van der Waals surface area contributed by atoms with E-state index in [0.29, 0.717) is 42.9 Å². The van der Waals surface area contributed by atoms with Gasteiger partial charge in [-0.1, -0.05) is 0 Å². The highest BCUT2D eigenvalue weighted by molar-refractivity contribution is 5.91. The van der Waals surface area contributed by atoms with Gasteiger partial charge in [0.1, 0.15) is 13.2 Å². The first-order valence-electron chi connectivity index (χ1n) is 10.6. The summed E-state index contributed by atoms with van der Waals surface area (Å²) in [5.41, 5.74) is 0.820. The molecular weight excluding hydrogens is 388 g/mol. The molecule has 1 aromatic rings. The van der Waals surface area contributed by atoms with E-state index < -0.39 is 0 Å². The number of nitrogens with one attached hydrogen (secondary N) is 1. The fraction of sp³-hybridized carbons (Fsp3) is 0.591. The van der Waals surface area contributed by atoms with Crippen LogP contribution in [-0.4, -0.2) is 83.2 Å². The average molecular weight is 418 g/mol. The predicted molar refractivity (Wildman–Crippen MR) is 111 cm³/mol. The summed E-state index contributed by atoms with van der Waals surface area (Å²) in [4.78, 5) is 14.9. The minimum atomic E-state index is -0.124. The van der Waals surface area contributed by atoms with Crippen LogP contribution in [0.4, 0.5) is 0 Å². The van der Waals surface area contributed by atoms with E-state index in [9.17, 15) is 4.79 Å². The summed E-state index contributed by atoms with van der Waals surface area (Å²) < 4.78 is 27.7. The first-order chi connectivity index (χ1) is 14.7. The van der Waals surface area contributed by atoms with Crippen LogP contribution in [0.2, 0.25) is 0 Å². The van der Waals surface area contributed by atoms with Crippen LogP contribution in [0.3, 0.4) is 0 Å². The standard InChI is InChI=1S/C22H30N2O6/c1-26-19-12-16(13-20-22(19)30-11-10-29-20)2-3-21(25)23-14-18(17-4-7-28-15-17)24-5-8-27-9-6-24/h2-3,12-13,17-18H,4-11,14-15H2,1H3,(H,23,25)/b3-2+. The maximum absolute atomic E-state index is 12.5. The maximum Gasteiger partial charge on any atom is 0.244 e. The van der Waals surface area contributed by atoms with Gasteiger partial charge in [-0.2, -0.15) is 0 Å². The summed E-state index contributed by atoms with van der Waals surface area (Å²) >= 11 is 0. The molecule has 4 rings (SSSR count). The molecule has 2 saturated heterocycles. The van der Waals surface area contributed by atoms with Crippen molar-refractivity contribution in [1.82, 2.24) is 10.2 Å². The second kappa shape index (κ2) is 10.1. The number of fused-ring (bicyclic) bond motifs is 1. The minimum Gasteiger partial charge on any atom is -0.493 e. The summed E-state index contributed by atoms with van der Waals surface area (Å²) in [5, 5.41) is 3.07. The third kappa shape index (κ3) is 5.06. The van der Waals surface area contributed by atoms with Crippen molar-refractivity contribution in [2.45, 2.75) is 12.5 Å². The SMILES string of the molecule is COc1cc(/C=C/C(=O)NCC(C2CCOC2)N2CCOCC2)cc2c1OCCO2. The summed E-state index contributed by atoms with van der Waals surface area (Å²) in [6, 6.07) is 3.96. The van der Waals surface area contributed by atoms with Gasteiger partial charge < -0.3 is 29.0 Å². The van der Waals surface area contributed by atoms with Crippen LogP contribution in [0, 0.1) is 5.92 Å². The molecule has 0 radical (unpaired) electrons. The third-order valence-electron chi connectivity index (χ3n) is 5.79. The molecule has 0 bridgehead atoms. The first kappa shape index (κ1) is 21.0. The third-order valence-corrected chi connectivity index (χ3v) is 5.79. The molecule has 0 saturated carbocycles. The Hall–Kier alpha value is -2.29. The number of hydrogen-bond acceptors (Lipinski definition) is 7. The summed E-state index contributed by atoms with van der Waals surface area (Å²) in [6.07, 6.45) is 4.34. The zero-order valence-electron chi connectivity index (χ0n) is 17.4. The molecule has 1 aromatic carbocycles. The van der Waals surface area contributed by atoms with E-state index in [1.165, 1.54) is 0 Å². The van der Waals surface area contributed by atoms with Crippen LogP contribution >= 0.6 is 0 Å². The molecule has 2 atom stereocenters. The molecule has 8 nitrogen and oxygen atoms in total. The number of amides is 1. The number of methoxy groups -OCH3 is 1. The second-order valence-corrected chi connectivity index (χ2v) is 7.67. The molecule has 3 heterocycles. The van der Waals surface area contributed by atoms with Crippen molar-refractivity contribution in [3.8, 4) is 17.2 Å². The van der Waals surface area contributed by atoms with Gasteiger partial charge >= 0.3 is 0 Å². The van der Waals surface area contributed by atoms with E-state index in [-0.39, 0.29) is 11.9 Å². The van der Waals surface area contributed by atoms with Crippen molar-refractivity contribution >= 4 is 12.0 Å². The normalized spacial score (nSPS) is 22.8. The van der Waals surface area contributed by atoms with Crippen molar-refractivity contribution in [2.75, 3.05) is 66.4 Å². The van der Waals surface area contributed by atoms with Crippen LogP contribution in [0.1, 0.15) is 12.0 Å². The highest BCUT2D eigenvalue weighted by Gasteiger charge is 2.31. The van der Waals surface area contributed by atoms with Gasteiger partial charge in [0.05, 0.1) is 26.9 Å². The maximum atomic E-state index is 12.5. The van der Waals surface area contributed by atoms with E-state index in [0.717, 1.165) is 51.5 Å². The van der Waals surface area contributed by atoms with Gasteiger partial charge in [-0.3, -0.25) is 9.69 Å². The van der Waals surface area contributed by atoms with Crippen LogP contribution in [0.15, 0.2) is 18.2 Å². The molecule has 1 amide bonds. The van der Waals surface area contributed by atoms with Gasteiger partial charge in [-0.25, -0.2) is 0 Å². The van der Waals surface area contributed by atoms with Gasteiger partial charge in [0.2, 0.25) is 11.7 Å². The Kier molecular flexibility index (Phi) is 7.09. The lowest BCUT2D eigenvalue weighted by molar-refractivity contribution is -0.116. The fourth-order valence-corrected chi connectivity index (χ4v) is 4.18. The Morgan fingerprint density at radius 3 is 2.80 bits per heavy atom. The Morgan fingerprint density at radius 1 is 1.20 bits per heavy atom. The molecule has 164 valence electrons. The second-order valence-electron chi connectivity index (χ2n) is 7.67.